The molecule has 2 nitrogen and oxygen atoms in total. The van der Waals surface area contributed by atoms with Crippen molar-refractivity contribution in [3.8, 4) is 5.69 Å². The second-order valence-corrected chi connectivity index (χ2v) is 6.79. The number of aryl methyl sites for hydroxylation is 1. The highest BCUT2D eigenvalue weighted by Crippen LogP contribution is 2.31. The zero-order valence-electron chi connectivity index (χ0n) is 11.1. The summed E-state index contributed by atoms with van der Waals surface area (Å²) in [6.45, 7) is 2.12. The van der Waals surface area contributed by atoms with Crippen LogP contribution in [-0.4, -0.2) is 9.55 Å². The molecule has 0 aliphatic heterocycles. The molecular formula is C15H11BrCl2N2S. The van der Waals surface area contributed by atoms with Crippen molar-refractivity contribution in [3.63, 3.8) is 0 Å². The Morgan fingerprint density at radius 2 is 1.90 bits per heavy atom. The Balaban J connectivity index is 2.38. The molecule has 0 aliphatic rings. The van der Waals surface area contributed by atoms with Gasteiger partial charge in [0.15, 0.2) is 4.77 Å². The molecule has 0 radical (unpaired) electrons. The summed E-state index contributed by atoms with van der Waals surface area (Å²) in [4.78, 5) is 3.18. The molecule has 1 heterocycles. The molecule has 0 saturated carbocycles. The van der Waals surface area contributed by atoms with Crippen molar-refractivity contribution < 1.29 is 0 Å². The zero-order valence-corrected chi connectivity index (χ0v) is 15.0. The van der Waals surface area contributed by atoms with Crippen LogP contribution in [0.4, 0.5) is 0 Å². The Bertz CT molecular complexity index is 899. The Kier molecular flexibility index (Phi) is 4.14. The number of hydrogen-bond acceptors (Lipinski definition) is 1. The van der Waals surface area contributed by atoms with E-state index in [9.17, 15) is 0 Å². The van der Waals surface area contributed by atoms with Gasteiger partial charge >= 0.3 is 0 Å². The molecule has 0 amide bonds. The van der Waals surface area contributed by atoms with Crippen LogP contribution in [0.15, 0.2) is 34.8 Å². The highest BCUT2D eigenvalue weighted by Gasteiger charge is 2.12. The number of nitrogens with one attached hydrogen (secondary N) is 1. The standard InChI is InChI=1S/C15H11BrCl2N2S/c1-2-8-5-9(16)3-4-13(8)20-14-7-11(18)10(17)6-12(14)19-15(20)21/h3-7H,2H2,1H3,(H,19,21). The molecule has 0 saturated heterocycles. The number of rotatable bonds is 2. The van der Waals surface area contributed by atoms with E-state index in [-0.39, 0.29) is 0 Å². The Labute approximate surface area is 145 Å². The first-order valence-electron chi connectivity index (χ1n) is 6.40. The highest BCUT2D eigenvalue weighted by molar-refractivity contribution is 9.10. The molecule has 1 aromatic heterocycles. The Morgan fingerprint density at radius 3 is 2.62 bits per heavy atom. The maximum Gasteiger partial charge on any atom is 0.182 e. The van der Waals surface area contributed by atoms with E-state index in [1.165, 1.54) is 5.56 Å². The van der Waals surface area contributed by atoms with Crippen LogP contribution in [0.2, 0.25) is 10.0 Å². The molecule has 3 aromatic rings. The van der Waals surface area contributed by atoms with Gasteiger partial charge in [-0.2, -0.15) is 0 Å². The average molecular weight is 402 g/mol. The van der Waals surface area contributed by atoms with Gasteiger partial charge in [0.25, 0.3) is 0 Å². The van der Waals surface area contributed by atoms with Gasteiger partial charge in [-0.3, -0.25) is 4.57 Å². The minimum Gasteiger partial charge on any atom is -0.330 e. The largest absolute Gasteiger partial charge is 0.330 e. The van der Waals surface area contributed by atoms with E-state index in [1.54, 1.807) is 6.07 Å². The van der Waals surface area contributed by atoms with E-state index in [1.807, 2.05) is 16.7 Å². The van der Waals surface area contributed by atoms with Crippen molar-refractivity contribution in [3.05, 3.63) is 55.2 Å². The lowest BCUT2D eigenvalue weighted by Gasteiger charge is -2.11. The SMILES string of the molecule is CCc1cc(Br)ccc1-n1c(=S)[nH]c2cc(Cl)c(Cl)cc21. The molecule has 2 aromatic carbocycles. The van der Waals surface area contributed by atoms with E-state index >= 15 is 0 Å². The summed E-state index contributed by atoms with van der Waals surface area (Å²) in [7, 11) is 0. The third-order valence-electron chi connectivity index (χ3n) is 3.39. The summed E-state index contributed by atoms with van der Waals surface area (Å²) in [6.07, 6.45) is 0.907. The van der Waals surface area contributed by atoms with Crippen LogP contribution in [0.25, 0.3) is 16.7 Å². The number of aromatic amines is 1. The molecule has 108 valence electrons. The molecule has 6 heteroatoms. The van der Waals surface area contributed by atoms with Gasteiger partial charge in [0.05, 0.1) is 26.8 Å². The third-order valence-corrected chi connectivity index (χ3v) is 4.89. The number of benzene rings is 2. The van der Waals surface area contributed by atoms with Crippen molar-refractivity contribution in [1.29, 1.82) is 0 Å². The van der Waals surface area contributed by atoms with Crippen LogP contribution in [0.1, 0.15) is 12.5 Å². The van der Waals surface area contributed by atoms with Gasteiger partial charge < -0.3 is 4.98 Å². The number of aromatic nitrogens is 2. The van der Waals surface area contributed by atoms with Gasteiger partial charge in [-0.25, -0.2) is 0 Å². The lowest BCUT2D eigenvalue weighted by Crippen LogP contribution is -1.99. The minimum atomic E-state index is 0.513. The molecule has 0 fully saturated rings. The first-order valence-corrected chi connectivity index (χ1v) is 8.35. The predicted molar refractivity (Wildman–Crippen MR) is 95.6 cm³/mol. The number of nitrogens with zero attached hydrogens (tertiary/aromatic N) is 1. The quantitative estimate of drug-likeness (QED) is 0.498. The van der Waals surface area contributed by atoms with E-state index in [0.29, 0.717) is 14.8 Å². The zero-order chi connectivity index (χ0) is 15.1. The first kappa shape index (κ1) is 15.1. The fraction of sp³-hybridized carbons (Fsp3) is 0.133. The highest BCUT2D eigenvalue weighted by atomic mass is 79.9. The number of H-pyrrole nitrogens is 1. The molecule has 3 rings (SSSR count). The first-order chi connectivity index (χ1) is 10.0. The minimum absolute atomic E-state index is 0.513. The van der Waals surface area contributed by atoms with Crippen molar-refractivity contribution in [2.45, 2.75) is 13.3 Å². The van der Waals surface area contributed by atoms with E-state index < -0.39 is 0 Å². The second kappa shape index (κ2) is 5.76. The molecular weight excluding hydrogens is 391 g/mol. The number of hydrogen-bond donors (Lipinski definition) is 1. The second-order valence-electron chi connectivity index (χ2n) is 4.68. The van der Waals surface area contributed by atoms with Crippen LogP contribution in [0, 0.1) is 4.77 Å². The van der Waals surface area contributed by atoms with Crippen LogP contribution in [0.3, 0.4) is 0 Å². The van der Waals surface area contributed by atoms with Crippen LogP contribution >= 0.6 is 51.3 Å². The van der Waals surface area contributed by atoms with E-state index in [2.05, 4.69) is 40.0 Å². The maximum absolute atomic E-state index is 6.15. The van der Waals surface area contributed by atoms with Crippen LogP contribution < -0.4 is 0 Å². The van der Waals surface area contributed by atoms with E-state index in [0.717, 1.165) is 27.6 Å². The summed E-state index contributed by atoms with van der Waals surface area (Å²) in [5.74, 6) is 0. The van der Waals surface area contributed by atoms with Crippen molar-refractivity contribution >= 4 is 62.4 Å². The molecule has 1 N–H and O–H groups in total. The number of fused-ring (bicyclic) bond motifs is 1. The monoisotopic (exact) mass is 400 g/mol. The topological polar surface area (TPSA) is 20.7 Å². The summed E-state index contributed by atoms with van der Waals surface area (Å²) < 4.78 is 3.67. The van der Waals surface area contributed by atoms with Crippen molar-refractivity contribution in [1.82, 2.24) is 9.55 Å². The van der Waals surface area contributed by atoms with Crippen molar-refractivity contribution in [2.24, 2.45) is 0 Å². The van der Waals surface area contributed by atoms with E-state index in [4.69, 9.17) is 35.4 Å². The smallest absolute Gasteiger partial charge is 0.182 e. The molecule has 0 spiro atoms. The molecule has 21 heavy (non-hydrogen) atoms. The Hall–Kier alpha value is -0.810. The number of imidazole rings is 1. The fourth-order valence-corrected chi connectivity index (χ4v) is 3.43. The Morgan fingerprint density at radius 1 is 1.19 bits per heavy atom. The predicted octanol–water partition coefficient (Wildman–Crippen LogP) is 6.32. The molecule has 0 atom stereocenters. The van der Waals surface area contributed by atoms with Gasteiger partial charge in [0, 0.05) is 4.47 Å². The molecule has 0 unspecified atom stereocenters. The lowest BCUT2D eigenvalue weighted by molar-refractivity contribution is 1.01. The van der Waals surface area contributed by atoms with Gasteiger partial charge in [-0.1, -0.05) is 46.1 Å². The van der Waals surface area contributed by atoms with Crippen molar-refractivity contribution in [2.75, 3.05) is 0 Å². The lowest BCUT2D eigenvalue weighted by atomic mass is 10.1. The normalized spacial score (nSPS) is 11.2. The summed E-state index contributed by atoms with van der Waals surface area (Å²) in [6, 6.07) is 9.80. The third kappa shape index (κ3) is 2.66. The summed E-state index contributed by atoms with van der Waals surface area (Å²) >= 11 is 21.2. The number of halogens is 3. The average Bonchev–Trinajstić information content (AvgIpc) is 2.75. The molecule has 0 bridgehead atoms. The van der Waals surface area contributed by atoms with Gasteiger partial charge in [-0.15, -0.1) is 0 Å². The maximum atomic E-state index is 6.15. The fourth-order valence-electron chi connectivity index (χ4n) is 2.40. The summed E-state index contributed by atoms with van der Waals surface area (Å²) in [5, 5.41) is 1.03. The van der Waals surface area contributed by atoms with Crippen LogP contribution in [0.5, 0.6) is 0 Å². The van der Waals surface area contributed by atoms with Crippen LogP contribution in [-0.2, 0) is 6.42 Å². The molecule has 0 aliphatic carbocycles. The van der Waals surface area contributed by atoms with Gasteiger partial charge in [0.1, 0.15) is 0 Å². The van der Waals surface area contributed by atoms with Gasteiger partial charge in [-0.05, 0) is 54.5 Å². The van der Waals surface area contributed by atoms with Gasteiger partial charge in [0.2, 0.25) is 0 Å². The summed E-state index contributed by atoms with van der Waals surface area (Å²) in [5.41, 5.74) is 4.05.